The molecule has 1 aliphatic carbocycles. The topological polar surface area (TPSA) is 151 Å². The van der Waals surface area contributed by atoms with Crippen LogP contribution in [0.25, 0.3) is 28.0 Å². The lowest BCUT2D eigenvalue weighted by Gasteiger charge is -2.27. The van der Waals surface area contributed by atoms with Crippen LogP contribution in [0.2, 0.25) is 0 Å². The maximum atomic E-state index is 13.1. The van der Waals surface area contributed by atoms with E-state index in [0.29, 0.717) is 17.2 Å². The smallest absolute Gasteiger partial charge is 0.295 e. The van der Waals surface area contributed by atoms with E-state index in [1.54, 1.807) is 29.2 Å². The molecule has 2 atom stereocenters. The third-order valence-corrected chi connectivity index (χ3v) is 7.40. The van der Waals surface area contributed by atoms with E-state index in [2.05, 4.69) is 25.3 Å². The van der Waals surface area contributed by atoms with Gasteiger partial charge in [0, 0.05) is 40.7 Å². The lowest BCUT2D eigenvalue weighted by Crippen LogP contribution is -2.36. The quantitative estimate of drug-likeness (QED) is 0.243. The third kappa shape index (κ3) is 5.07. The van der Waals surface area contributed by atoms with Crippen LogP contribution in [-0.4, -0.2) is 56.7 Å². The molecule has 0 radical (unpaired) electrons. The van der Waals surface area contributed by atoms with Crippen LogP contribution in [0.4, 0.5) is 5.82 Å². The van der Waals surface area contributed by atoms with E-state index in [4.69, 9.17) is 10.7 Å². The number of aromatic nitrogens is 7. The number of pyridine rings is 1. The van der Waals surface area contributed by atoms with Crippen LogP contribution >= 0.6 is 0 Å². The molecule has 41 heavy (non-hydrogen) atoms. The number of aliphatic hydroxyl groups excluding tert-OH is 1. The number of amides is 1. The second-order valence-electron chi connectivity index (χ2n) is 10.3. The number of nitrogens with two attached hydrogens (primary N) is 1. The van der Waals surface area contributed by atoms with E-state index in [1.165, 1.54) is 11.2 Å². The number of H-pyrrole nitrogens is 1. The summed E-state index contributed by atoms with van der Waals surface area (Å²) < 4.78 is 1.65. The molecule has 0 spiro atoms. The zero-order chi connectivity index (χ0) is 28.5. The highest BCUT2D eigenvalue weighted by Gasteiger charge is 2.34. The highest BCUT2D eigenvalue weighted by Crippen LogP contribution is 2.46. The molecule has 1 aromatic carbocycles. The first-order chi connectivity index (χ1) is 20.0. The summed E-state index contributed by atoms with van der Waals surface area (Å²) >= 11 is 0. The van der Waals surface area contributed by atoms with Crippen molar-refractivity contribution in [3.05, 3.63) is 90.5 Å². The Kier molecular flexibility index (Phi) is 7.02. The van der Waals surface area contributed by atoms with Crippen molar-refractivity contribution in [2.24, 2.45) is 0 Å². The van der Waals surface area contributed by atoms with Gasteiger partial charge in [0.05, 0.1) is 23.7 Å². The van der Waals surface area contributed by atoms with E-state index in [9.17, 15) is 9.90 Å². The molecule has 208 valence electrons. The molecule has 5 aromatic rings. The molecule has 1 fully saturated rings. The van der Waals surface area contributed by atoms with E-state index in [1.807, 2.05) is 56.3 Å². The van der Waals surface area contributed by atoms with Gasteiger partial charge in [0.25, 0.3) is 5.91 Å². The first-order valence-electron chi connectivity index (χ1n) is 13.6. The van der Waals surface area contributed by atoms with Gasteiger partial charge in [0.1, 0.15) is 12.1 Å². The van der Waals surface area contributed by atoms with Gasteiger partial charge in [-0.05, 0) is 45.1 Å². The van der Waals surface area contributed by atoms with Crippen molar-refractivity contribution in [2.45, 2.75) is 51.2 Å². The Morgan fingerprint density at radius 1 is 1.17 bits per heavy atom. The van der Waals surface area contributed by atoms with Crippen LogP contribution in [0.1, 0.15) is 67.0 Å². The number of rotatable bonds is 9. The molecule has 6 rings (SSSR count). The maximum Gasteiger partial charge on any atom is 0.295 e. The van der Waals surface area contributed by atoms with Gasteiger partial charge in [-0.1, -0.05) is 42.5 Å². The Morgan fingerprint density at radius 2 is 1.98 bits per heavy atom. The molecule has 0 aliphatic heterocycles. The predicted octanol–water partition coefficient (Wildman–Crippen LogP) is 4.52. The van der Waals surface area contributed by atoms with Gasteiger partial charge < -0.3 is 15.7 Å². The van der Waals surface area contributed by atoms with Crippen LogP contribution in [-0.2, 0) is 0 Å². The molecule has 1 saturated carbocycles. The Bertz CT molecular complexity index is 1690. The van der Waals surface area contributed by atoms with Gasteiger partial charge in [-0.3, -0.25) is 14.9 Å². The summed E-state index contributed by atoms with van der Waals surface area (Å²) in [7, 11) is 0. The van der Waals surface area contributed by atoms with Gasteiger partial charge in [-0.2, -0.15) is 14.7 Å². The van der Waals surface area contributed by atoms with Crippen molar-refractivity contribution in [1.82, 2.24) is 39.7 Å². The number of nitrogens with one attached hydrogen (secondary N) is 1. The minimum Gasteiger partial charge on any atom is -0.387 e. The molecule has 4 N–H and O–H groups in total. The molecular weight excluding hydrogens is 518 g/mol. The van der Waals surface area contributed by atoms with Crippen LogP contribution in [0.5, 0.6) is 0 Å². The molecule has 1 amide bonds. The first-order valence-corrected chi connectivity index (χ1v) is 13.6. The Labute approximate surface area is 236 Å². The maximum absolute atomic E-state index is 13.1. The molecule has 4 aromatic heterocycles. The molecular formula is C30H31N9O2. The number of aromatic amines is 1. The SMILES string of the molecule is C/C=C\N(C(=O)c1ncn[nH]1)[C@H](C)C[C@H](O)c1nc2c(-c3ccc(-c4ccccc4)nc3)cnn2c(N)c1C1CC1. The largest absolute Gasteiger partial charge is 0.387 e. The van der Waals surface area contributed by atoms with Crippen molar-refractivity contribution in [1.29, 1.82) is 0 Å². The molecule has 11 nitrogen and oxygen atoms in total. The van der Waals surface area contributed by atoms with Gasteiger partial charge in [0.2, 0.25) is 5.82 Å². The van der Waals surface area contributed by atoms with Crippen LogP contribution in [0, 0.1) is 0 Å². The highest BCUT2D eigenvalue weighted by molar-refractivity contribution is 5.91. The molecule has 4 heterocycles. The number of fused-ring (bicyclic) bond motifs is 1. The summed E-state index contributed by atoms with van der Waals surface area (Å²) in [6, 6.07) is 13.6. The lowest BCUT2D eigenvalue weighted by molar-refractivity contribution is 0.0698. The zero-order valence-electron chi connectivity index (χ0n) is 22.8. The number of carbonyl (C=O) groups is 1. The van der Waals surface area contributed by atoms with Crippen LogP contribution in [0.15, 0.2) is 73.5 Å². The van der Waals surface area contributed by atoms with Crippen LogP contribution in [0.3, 0.4) is 0 Å². The number of aliphatic hydroxyl groups is 1. The summed E-state index contributed by atoms with van der Waals surface area (Å²) in [6.45, 7) is 3.70. The summed E-state index contributed by atoms with van der Waals surface area (Å²) in [5.41, 5.74) is 12.1. The average molecular weight is 550 g/mol. The Morgan fingerprint density at radius 3 is 2.63 bits per heavy atom. The molecule has 0 unspecified atom stereocenters. The number of allylic oxidation sites excluding steroid dienone is 1. The number of hydrogen-bond acceptors (Lipinski definition) is 8. The van der Waals surface area contributed by atoms with Gasteiger partial charge >= 0.3 is 0 Å². The van der Waals surface area contributed by atoms with Gasteiger partial charge in [-0.15, -0.1) is 0 Å². The first kappa shape index (κ1) is 26.3. The summed E-state index contributed by atoms with van der Waals surface area (Å²) in [5.74, 6) is 0.481. The van der Waals surface area contributed by atoms with Crippen LogP contribution < -0.4 is 5.73 Å². The monoisotopic (exact) mass is 549 g/mol. The minimum atomic E-state index is -0.968. The van der Waals surface area contributed by atoms with E-state index >= 15 is 0 Å². The van der Waals surface area contributed by atoms with Crippen molar-refractivity contribution in [3.8, 4) is 22.4 Å². The number of benzene rings is 1. The van der Waals surface area contributed by atoms with Crippen molar-refractivity contribution < 1.29 is 9.90 Å². The number of nitrogen functional groups attached to an aromatic ring is 1. The number of nitrogens with zero attached hydrogens (tertiary/aromatic N) is 7. The molecule has 1 aliphatic rings. The fraction of sp³-hybridized carbons (Fsp3) is 0.267. The van der Waals surface area contributed by atoms with E-state index in [-0.39, 0.29) is 30.1 Å². The van der Waals surface area contributed by atoms with Gasteiger partial charge in [-0.25, -0.2) is 9.97 Å². The summed E-state index contributed by atoms with van der Waals surface area (Å²) in [4.78, 5) is 28.2. The van der Waals surface area contributed by atoms with Gasteiger partial charge in [0.15, 0.2) is 5.65 Å². The van der Waals surface area contributed by atoms with Crippen molar-refractivity contribution in [2.75, 3.05) is 5.73 Å². The number of hydrogen-bond donors (Lipinski definition) is 3. The second kappa shape index (κ2) is 10.9. The number of anilines is 1. The Hall–Kier alpha value is -4.90. The van der Waals surface area contributed by atoms with Crippen molar-refractivity contribution in [3.63, 3.8) is 0 Å². The molecule has 11 heteroatoms. The normalized spacial score (nSPS) is 14.9. The standard InChI is InChI=1S/C30H31N9O2/c1-3-13-38(30(41)28-33-17-34-37-28)18(2)14-24(40)26-25(20-9-10-20)27(31)39-29(36-26)22(16-35-39)21-11-12-23(32-15-21)19-7-5-4-6-8-19/h3-8,11-13,15-18,20,24,40H,9-10,14,31H2,1-2H3,(H,33,34,37)/b13-3-/t18-,24+/m1/s1. The minimum absolute atomic E-state index is 0.127. The lowest BCUT2D eigenvalue weighted by atomic mass is 9.99. The highest BCUT2D eigenvalue weighted by atomic mass is 16.3. The second-order valence-corrected chi connectivity index (χ2v) is 10.3. The molecule has 0 saturated heterocycles. The molecule has 0 bridgehead atoms. The van der Waals surface area contributed by atoms with E-state index < -0.39 is 6.10 Å². The van der Waals surface area contributed by atoms with Crippen molar-refractivity contribution >= 4 is 17.4 Å². The fourth-order valence-corrected chi connectivity index (χ4v) is 5.18. The fourth-order valence-electron chi connectivity index (χ4n) is 5.18. The third-order valence-electron chi connectivity index (χ3n) is 7.40. The predicted molar refractivity (Wildman–Crippen MR) is 154 cm³/mol. The summed E-state index contributed by atoms with van der Waals surface area (Å²) in [6.07, 6.45) is 9.49. The van der Waals surface area contributed by atoms with E-state index in [0.717, 1.165) is 40.8 Å². The Balaban J connectivity index is 1.34. The number of carbonyl (C=O) groups excluding carboxylic acids is 1. The summed E-state index contributed by atoms with van der Waals surface area (Å²) in [5, 5.41) is 22.5. The zero-order valence-corrected chi connectivity index (χ0v) is 22.8. The average Bonchev–Trinajstić information content (AvgIpc) is 3.49.